The molecule has 1 saturated carbocycles. The van der Waals surface area contributed by atoms with Gasteiger partial charge in [0.1, 0.15) is 13.2 Å². The first-order chi connectivity index (χ1) is 44.6. The molecule has 92 heavy (non-hydrogen) atoms. The van der Waals surface area contributed by atoms with Crippen molar-refractivity contribution in [1.29, 1.82) is 0 Å². The van der Waals surface area contributed by atoms with Crippen LogP contribution in [0.25, 0.3) is 0 Å². The first kappa shape index (κ1) is 82.4. The van der Waals surface area contributed by atoms with Crippen LogP contribution < -0.4 is 0 Å². The highest BCUT2D eigenvalue weighted by molar-refractivity contribution is 7.97. The van der Waals surface area contributed by atoms with Gasteiger partial charge in [-0.2, -0.15) is 0 Å². The minimum Gasteiger partial charge on any atom is -0.748 e. The van der Waals surface area contributed by atoms with Crippen LogP contribution in [-0.4, -0.2) is 118 Å². The van der Waals surface area contributed by atoms with Crippen molar-refractivity contribution in [3.63, 3.8) is 0 Å². The molecule has 3 aromatic carbocycles. The highest BCUT2D eigenvalue weighted by atomic mass is 32.2. The van der Waals surface area contributed by atoms with Crippen LogP contribution >= 0.6 is 0 Å². The minimum absolute atomic E-state index is 0.0146. The maximum absolute atomic E-state index is 12.2. The second kappa shape index (κ2) is 50.6. The molecular formula is C78H130N2O10S2. The Morgan fingerprint density at radius 1 is 0.511 bits per heavy atom. The van der Waals surface area contributed by atoms with Gasteiger partial charge in [0.15, 0.2) is 14.7 Å². The summed E-state index contributed by atoms with van der Waals surface area (Å²) in [4.78, 5) is 45.1. The lowest BCUT2D eigenvalue weighted by atomic mass is 9.66. The molecule has 0 N–H and O–H groups in total. The fraction of sp³-hybridized carbons (Fsp3) is 0.731. The monoisotopic (exact) mass is 1320 g/mol. The van der Waals surface area contributed by atoms with E-state index in [9.17, 15) is 27.4 Å². The van der Waals surface area contributed by atoms with Crippen LogP contribution in [0.5, 0.6) is 0 Å². The Morgan fingerprint density at radius 3 is 1.21 bits per heavy atom. The van der Waals surface area contributed by atoms with E-state index in [1.54, 1.807) is 20.8 Å². The van der Waals surface area contributed by atoms with Gasteiger partial charge < -0.3 is 28.4 Å². The number of morpholine rings is 1. The number of rotatable bonds is 47. The van der Waals surface area contributed by atoms with Crippen LogP contribution in [0.15, 0.2) is 106 Å². The third-order valence-corrected chi connectivity index (χ3v) is 22.1. The number of carbonyl (C=O) groups is 3. The Hall–Kier alpha value is -3.79. The second-order valence-corrected chi connectivity index (χ2v) is 30.4. The Bertz CT molecular complexity index is 2280. The number of esters is 3. The van der Waals surface area contributed by atoms with Crippen LogP contribution in [0.2, 0.25) is 0 Å². The van der Waals surface area contributed by atoms with Gasteiger partial charge in [0, 0.05) is 31.5 Å². The molecule has 2 unspecified atom stereocenters. The van der Waals surface area contributed by atoms with Crippen LogP contribution in [-0.2, 0) is 54.3 Å². The van der Waals surface area contributed by atoms with E-state index < -0.39 is 50.8 Å². The molecular weight excluding hydrogens is 1190 g/mol. The van der Waals surface area contributed by atoms with Crippen molar-refractivity contribution >= 4 is 38.9 Å². The summed E-state index contributed by atoms with van der Waals surface area (Å²) in [5, 5.41) is 0. The van der Waals surface area contributed by atoms with Crippen molar-refractivity contribution in [1.82, 2.24) is 9.80 Å². The molecule has 12 nitrogen and oxygen atoms in total. The van der Waals surface area contributed by atoms with E-state index in [4.69, 9.17) is 18.9 Å². The topological polar surface area (TPSA) is 152 Å². The molecule has 2 heterocycles. The van der Waals surface area contributed by atoms with Gasteiger partial charge in [-0.1, -0.05) is 282 Å². The molecule has 0 aromatic heterocycles. The number of fused-ring (bicyclic) bond motifs is 2. The molecule has 2 bridgehead atoms. The number of carbonyl (C=O) groups excluding carboxylic acids is 3. The van der Waals surface area contributed by atoms with Gasteiger partial charge in [-0.3, -0.25) is 14.5 Å². The molecule has 3 fully saturated rings. The molecule has 0 amide bonds. The lowest BCUT2D eigenvalue weighted by Crippen LogP contribution is -2.49. The van der Waals surface area contributed by atoms with E-state index in [0.29, 0.717) is 25.9 Å². The number of hydrogen-bond acceptors (Lipinski definition) is 12. The Kier molecular flexibility index (Phi) is 45.3. The zero-order valence-electron chi connectivity index (χ0n) is 59.2. The lowest BCUT2D eigenvalue weighted by Gasteiger charge is -2.34. The molecule has 1 aliphatic carbocycles. The van der Waals surface area contributed by atoms with E-state index in [-0.39, 0.29) is 16.9 Å². The Balaban J connectivity index is 0.000000323. The maximum atomic E-state index is 12.2. The summed E-state index contributed by atoms with van der Waals surface area (Å²) in [5.41, 5.74) is -2.88. The van der Waals surface area contributed by atoms with E-state index in [1.807, 2.05) is 0 Å². The molecule has 0 radical (unpaired) electrons. The minimum atomic E-state index is -4.45. The smallest absolute Gasteiger partial charge is 0.351 e. The van der Waals surface area contributed by atoms with E-state index in [0.717, 1.165) is 45.7 Å². The first-order valence-electron chi connectivity index (χ1n) is 37.0. The lowest BCUT2D eigenvalue weighted by molar-refractivity contribution is -0.182. The zero-order valence-corrected chi connectivity index (χ0v) is 60.8. The molecule has 2 saturated heterocycles. The van der Waals surface area contributed by atoms with E-state index in [2.05, 4.69) is 128 Å². The average molecular weight is 1320 g/mol. The predicted molar refractivity (Wildman–Crippen MR) is 381 cm³/mol. The Morgan fingerprint density at radius 2 is 0.870 bits per heavy atom. The quantitative estimate of drug-likeness (QED) is 0.0174. The number of unbranched alkanes of at least 4 members (excludes halogenated alkanes) is 29. The summed E-state index contributed by atoms with van der Waals surface area (Å²) >= 11 is 0. The first-order valence-corrected chi connectivity index (χ1v) is 39.8. The number of nitrogens with zero attached hydrogens (tertiary/aromatic N) is 2. The normalized spacial score (nSPS) is 17.5. The van der Waals surface area contributed by atoms with Crippen molar-refractivity contribution in [2.45, 2.75) is 300 Å². The molecule has 2 aliphatic heterocycles. The van der Waals surface area contributed by atoms with Crippen LogP contribution in [0.1, 0.15) is 280 Å². The second-order valence-electron chi connectivity index (χ2n) is 26.8. The molecule has 524 valence electrons. The summed E-state index contributed by atoms with van der Waals surface area (Å²) in [5.74, 6) is -2.04. The summed E-state index contributed by atoms with van der Waals surface area (Å²) in [6.07, 6.45) is 47.4. The van der Waals surface area contributed by atoms with Gasteiger partial charge in [0.25, 0.3) is 0 Å². The van der Waals surface area contributed by atoms with Gasteiger partial charge in [-0.25, -0.2) is 13.2 Å². The van der Waals surface area contributed by atoms with Crippen molar-refractivity contribution < 1.29 is 46.3 Å². The summed E-state index contributed by atoms with van der Waals surface area (Å²) < 4.78 is 52.3. The van der Waals surface area contributed by atoms with Crippen LogP contribution in [0.3, 0.4) is 0 Å². The number of benzene rings is 3. The van der Waals surface area contributed by atoms with Gasteiger partial charge >= 0.3 is 17.9 Å². The van der Waals surface area contributed by atoms with Gasteiger partial charge in [0.2, 0.25) is 5.60 Å². The SMILES string of the molecule is CC12CCC(C(=O)OCCS(=O)(=O)[O-])(OC1=O)C2(C)C.CCCCCCCCCCCCCCCCCC(=O)OCCN1CCOCC1.CCCCCCCCN(CCCCCCCC)CCCCCCCC.c1ccc([S+](c2ccccc2)c2ccccc2)cc1. The average Bonchev–Trinajstić information content (AvgIpc) is 1.53. The fourth-order valence-electron chi connectivity index (χ4n) is 12.6. The molecule has 6 rings (SSSR count). The predicted octanol–water partition coefficient (Wildman–Crippen LogP) is 19.5. The fourth-order valence-corrected chi connectivity index (χ4v) is 15.0. The van der Waals surface area contributed by atoms with Gasteiger partial charge in [-0.15, -0.1) is 0 Å². The molecule has 3 aliphatic rings. The molecule has 0 spiro atoms. The van der Waals surface area contributed by atoms with Crippen LogP contribution in [0, 0.1) is 10.8 Å². The van der Waals surface area contributed by atoms with Crippen molar-refractivity contribution in [2.75, 3.05) is 71.4 Å². The van der Waals surface area contributed by atoms with Gasteiger partial charge in [0.05, 0.1) is 45.4 Å². The largest absolute Gasteiger partial charge is 0.748 e. The van der Waals surface area contributed by atoms with E-state index in [1.165, 1.54) is 233 Å². The highest BCUT2D eigenvalue weighted by Crippen LogP contribution is 2.65. The third-order valence-electron chi connectivity index (χ3n) is 19.2. The number of hydrogen-bond donors (Lipinski definition) is 0. The standard InChI is InChI=1S/C24H47NO3.C24H51N.C18H15S.C12H18O7S/c1-2-3-4-5-6-7-8-9-10-11-12-13-14-15-16-17-24(26)28-23-20-25-18-21-27-22-19-25;1-4-7-10-13-16-19-22-25(23-20-17-14-11-8-5-2)24-21-18-15-12-9-6-3;1-4-10-16(11-5-1)19(17-12-6-2-7-13-17)18-14-8-3-9-15-18;1-10(2)11(3)4-5-12(10,19-8(11)13)9(14)18-6-7-20(15,16)17/h2-23H2,1H3;4-24H2,1-3H3;1-15H;4-7H2,1-3H3,(H,15,16,17)/q;;+1;/p-1. The third kappa shape index (κ3) is 33.7. The van der Waals surface area contributed by atoms with Gasteiger partial charge in [-0.05, 0) is 101 Å². The van der Waals surface area contributed by atoms with Crippen molar-refractivity contribution in [3.8, 4) is 0 Å². The molecule has 14 heteroatoms. The maximum Gasteiger partial charge on any atom is 0.351 e. The van der Waals surface area contributed by atoms with Crippen molar-refractivity contribution in [3.05, 3.63) is 91.0 Å². The number of ether oxygens (including phenoxy) is 4. The molecule has 3 aromatic rings. The van der Waals surface area contributed by atoms with E-state index >= 15 is 0 Å². The Labute approximate surface area is 565 Å². The highest BCUT2D eigenvalue weighted by Gasteiger charge is 2.76. The van der Waals surface area contributed by atoms with Crippen molar-refractivity contribution in [2.24, 2.45) is 10.8 Å². The zero-order chi connectivity index (χ0) is 66.9. The molecule has 2 atom stereocenters. The summed E-state index contributed by atoms with van der Waals surface area (Å²) in [6.45, 7) is 22.9. The summed E-state index contributed by atoms with van der Waals surface area (Å²) in [7, 11) is -4.46. The van der Waals surface area contributed by atoms with Crippen LogP contribution in [0.4, 0.5) is 0 Å². The summed E-state index contributed by atoms with van der Waals surface area (Å²) in [6, 6.07) is 32.2.